The molecule has 0 aromatic carbocycles. The summed E-state index contributed by atoms with van der Waals surface area (Å²) in [5, 5.41) is 2.88. The Morgan fingerprint density at radius 3 is 2.53 bits per heavy atom. The third-order valence-electron chi connectivity index (χ3n) is 4.31. The van der Waals surface area contributed by atoms with Crippen molar-refractivity contribution in [3.05, 3.63) is 0 Å². The lowest BCUT2D eigenvalue weighted by molar-refractivity contribution is -0.150. The number of hydrogen-bond donors (Lipinski definition) is 2. The second-order valence-electron chi connectivity index (χ2n) is 5.79. The van der Waals surface area contributed by atoms with Gasteiger partial charge in [0.25, 0.3) is 0 Å². The fourth-order valence-electron chi connectivity index (χ4n) is 2.80. The molecule has 4 nitrogen and oxygen atoms in total. The molecule has 1 aliphatic carbocycles. The Morgan fingerprint density at radius 1 is 1.42 bits per heavy atom. The zero-order valence-electron chi connectivity index (χ0n) is 12.7. The van der Waals surface area contributed by atoms with Gasteiger partial charge in [-0.15, -0.1) is 0 Å². The van der Waals surface area contributed by atoms with Crippen LogP contribution in [0.2, 0.25) is 0 Å². The molecule has 1 saturated carbocycles. The zero-order chi connectivity index (χ0) is 14.3. The first-order valence-electron chi connectivity index (χ1n) is 7.72. The van der Waals surface area contributed by atoms with Crippen LogP contribution >= 0.6 is 0 Å². The van der Waals surface area contributed by atoms with Crippen LogP contribution in [0.5, 0.6) is 0 Å². The van der Waals surface area contributed by atoms with E-state index in [0.717, 1.165) is 38.0 Å². The van der Waals surface area contributed by atoms with Crippen LogP contribution in [0.15, 0.2) is 0 Å². The summed E-state index contributed by atoms with van der Waals surface area (Å²) in [4.78, 5) is 11.9. The lowest BCUT2D eigenvalue weighted by Gasteiger charge is -2.40. The van der Waals surface area contributed by atoms with Crippen LogP contribution in [0.3, 0.4) is 0 Å². The fraction of sp³-hybridized carbons (Fsp3) is 0.933. The van der Waals surface area contributed by atoms with Crippen LogP contribution in [0, 0.1) is 5.92 Å². The first-order valence-corrected chi connectivity index (χ1v) is 7.72. The van der Waals surface area contributed by atoms with E-state index >= 15 is 0 Å². The average Bonchev–Trinajstić information content (AvgIpc) is 2.45. The van der Waals surface area contributed by atoms with Gasteiger partial charge in [0.1, 0.15) is 6.10 Å². The van der Waals surface area contributed by atoms with Gasteiger partial charge in [-0.25, -0.2) is 0 Å². The largest absolute Gasteiger partial charge is 0.361 e. The van der Waals surface area contributed by atoms with Gasteiger partial charge in [-0.05, 0) is 44.9 Å². The molecule has 0 radical (unpaired) electrons. The Kier molecular flexibility index (Phi) is 6.80. The van der Waals surface area contributed by atoms with E-state index in [2.05, 4.69) is 12.2 Å². The number of nitrogens with one attached hydrogen (secondary N) is 1. The van der Waals surface area contributed by atoms with Gasteiger partial charge in [0.05, 0.1) is 5.60 Å². The van der Waals surface area contributed by atoms with Gasteiger partial charge in [-0.1, -0.05) is 20.3 Å². The number of nitrogens with two attached hydrogens (primary N) is 1. The van der Waals surface area contributed by atoms with Crippen molar-refractivity contribution in [1.29, 1.82) is 0 Å². The molecule has 19 heavy (non-hydrogen) atoms. The minimum Gasteiger partial charge on any atom is -0.361 e. The average molecular weight is 270 g/mol. The number of hydrogen-bond acceptors (Lipinski definition) is 3. The van der Waals surface area contributed by atoms with Crippen LogP contribution in [0.4, 0.5) is 0 Å². The molecule has 0 aliphatic heterocycles. The van der Waals surface area contributed by atoms with Crippen LogP contribution in [0.1, 0.15) is 59.3 Å². The summed E-state index contributed by atoms with van der Waals surface area (Å²) in [6, 6.07) is 0. The molecule has 1 amide bonds. The van der Waals surface area contributed by atoms with Crippen molar-refractivity contribution in [2.24, 2.45) is 11.7 Å². The highest BCUT2D eigenvalue weighted by atomic mass is 16.5. The zero-order valence-corrected chi connectivity index (χ0v) is 12.7. The van der Waals surface area contributed by atoms with Crippen LogP contribution < -0.4 is 11.1 Å². The smallest absolute Gasteiger partial charge is 0.248 e. The summed E-state index contributed by atoms with van der Waals surface area (Å²) in [6.07, 6.45) is 6.05. The maximum atomic E-state index is 11.9. The predicted octanol–water partition coefficient (Wildman–Crippen LogP) is 2.22. The molecule has 0 aromatic heterocycles. The number of rotatable bonds is 7. The first-order chi connectivity index (χ1) is 9.06. The number of carbonyl (C=O) groups excluding carboxylic acids is 1. The highest BCUT2D eigenvalue weighted by Gasteiger charge is 2.37. The van der Waals surface area contributed by atoms with E-state index in [4.69, 9.17) is 10.5 Å². The molecule has 0 aromatic rings. The summed E-state index contributed by atoms with van der Waals surface area (Å²) >= 11 is 0. The van der Waals surface area contributed by atoms with Gasteiger partial charge >= 0.3 is 0 Å². The van der Waals surface area contributed by atoms with E-state index < -0.39 is 6.10 Å². The van der Waals surface area contributed by atoms with Gasteiger partial charge in [-0.3, -0.25) is 4.79 Å². The maximum absolute atomic E-state index is 11.9. The van der Waals surface area contributed by atoms with Crippen LogP contribution in [-0.2, 0) is 9.53 Å². The normalized spacial score (nSPS) is 28.9. The summed E-state index contributed by atoms with van der Waals surface area (Å²) in [5.74, 6) is 0.778. The quantitative estimate of drug-likeness (QED) is 0.745. The lowest BCUT2D eigenvalue weighted by atomic mass is 9.77. The summed E-state index contributed by atoms with van der Waals surface area (Å²) in [5.41, 5.74) is 5.63. The van der Waals surface area contributed by atoms with Gasteiger partial charge in [0.2, 0.25) is 5.91 Å². The Hall–Kier alpha value is -0.610. The SMILES string of the molecule is CCCNC(=O)C(C)OC1(CN)CCC(CC)CC1. The van der Waals surface area contributed by atoms with Crippen molar-refractivity contribution in [2.45, 2.75) is 71.0 Å². The van der Waals surface area contributed by atoms with Crippen LogP contribution in [0.25, 0.3) is 0 Å². The highest BCUT2D eigenvalue weighted by molar-refractivity contribution is 5.80. The Balaban J connectivity index is 2.49. The van der Waals surface area contributed by atoms with E-state index in [9.17, 15) is 4.79 Å². The molecule has 4 heteroatoms. The molecule has 1 aliphatic rings. The molecular weight excluding hydrogens is 240 g/mol. The minimum atomic E-state index is -0.409. The van der Waals surface area contributed by atoms with Crippen molar-refractivity contribution in [1.82, 2.24) is 5.32 Å². The molecule has 1 fully saturated rings. The first kappa shape index (κ1) is 16.4. The molecule has 1 unspecified atom stereocenters. The Labute approximate surface area is 117 Å². The summed E-state index contributed by atoms with van der Waals surface area (Å²) in [7, 11) is 0. The molecule has 112 valence electrons. The van der Waals surface area contributed by atoms with Gasteiger partial charge < -0.3 is 15.8 Å². The Morgan fingerprint density at radius 2 is 2.05 bits per heavy atom. The van der Waals surface area contributed by atoms with Crippen molar-refractivity contribution < 1.29 is 9.53 Å². The van der Waals surface area contributed by atoms with E-state index in [1.807, 2.05) is 13.8 Å². The second-order valence-corrected chi connectivity index (χ2v) is 5.79. The number of carbonyl (C=O) groups is 1. The Bertz CT molecular complexity index is 273. The van der Waals surface area contributed by atoms with E-state index in [1.54, 1.807) is 0 Å². The fourth-order valence-corrected chi connectivity index (χ4v) is 2.80. The molecule has 0 spiro atoms. The summed E-state index contributed by atoms with van der Waals surface area (Å²) < 4.78 is 6.04. The van der Waals surface area contributed by atoms with E-state index in [0.29, 0.717) is 13.1 Å². The van der Waals surface area contributed by atoms with E-state index in [-0.39, 0.29) is 11.5 Å². The van der Waals surface area contributed by atoms with Crippen molar-refractivity contribution in [3.63, 3.8) is 0 Å². The molecule has 0 bridgehead atoms. The topological polar surface area (TPSA) is 64.3 Å². The molecular formula is C15H30N2O2. The van der Waals surface area contributed by atoms with Gasteiger partial charge in [0.15, 0.2) is 0 Å². The number of ether oxygens (including phenoxy) is 1. The lowest BCUT2D eigenvalue weighted by Crippen LogP contribution is -2.49. The number of amides is 1. The maximum Gasteiger partial charge on any atom is 0.248 e. The summed E-state index contributed by atoms with van der Waals surface area (Å²) in [6.45, 7) is 7.32. The van der Waals surface area contributed by atoms with Crippen molar-refractivity contribution in [2.75, 3.05) is 13.1 Å². The molecule has 1 atom stereocenters. The minimum absolute atomic E-state index is 0.0210. The van der Waals surface area contributed by atoms with Crippen LogP contribution in [-0.4, -0.2) is 30.7 Å². The standard InChI is InChI=1S/C15H30N2O2/c1-4-10-17-14(18)12(3)19-15(11-16)8-6-13(5-2)7-9-15/h12-13H,4-11,16H2,1-3H3,(H,17,18). The second kappa shape index (κ2) is 7.85. The molecule has 3 N–H and O–H groups in total. The monoisotopic (exact) mass is 270 g/mol. The molecule has 0 heterocycles. The molecule has 1 rings (SSSR count). The molecule has 0 saturated heterocycles. The third-order valence-corrected chi connectivity index (χ3v) is 4.31. The van der Waals surface area contributed by atoms with Crippen molar-refractivity contribution >= 4 is 5.91 Å². The van der Waals surface area contributed by atoms with Gasteiger partial charge in [-0.2, -0.15) is 0 Å². The van der Waals surface area contributed by atoms with E-state index in [1.165, 1.54) is 6.42 Å². The van der Waals surface area contributed by atoms with Gasteiger partial charge in [0, 0.05) is 13.1 Å². The van der Waals surface area contributed by atoms with Crippen molar-refractivity contribution in [3.8, 4) is 0 Å². The highest BCUT2D eigenvalue weighted by Crippen LogP contribution is 2.36. The third kappa shape index (κ3) is 4.77. The predicted molar refractivity (Wildman–Crippen MR) is 77.9 cm³/mol.